The van der Waals surface area contributed by atoms with E-state index in [0.717, 1.165) is 6.42 Å². The highest BCUT2D eigenvalue weighted by Crippen LogP contribution is 2.22. The van der Waals surface area contributed by atoms with Crippen LogP contribution in [0, 0.1) is 5.92 Å². The predicted octanol–water partition coefficient (Wildman–Crippen LogP) is 2.71. The number of hydrogen-bond donors (Lipinski definition) is 2. The Balaban J connectivity index is 2.88. The predicted molar refractivity (Wildman–Crippen MR) is 94.9 cm³/mol. The van der Waals surface area contributed by atoms with Crippen molar-refractivity contribution in [2.75, 3.05) is 5.32 Å². The van der Waals surface area contributed by atoms with E-state index in [1.807, 2.05) is 13.8 Å². The Bertz CT molecular complexity index is 648. The molecule has 1 rings (SSSR count). The van der Waals surface area contributed by atoms with Gasteiger partial charge in [0.25, 0.3) is 0 Å². The van der Waals surface area contributed by atoms with Crippen LogP contribution in [0.4, 0.5) is 5.69 Å². The Hall–Kier alpha value is -1.40. The van der Waals surface area contributed by atoms with Crippen molar-refractivity contribution in [1.82, 2.24) is 0 Å². The van der Waals surface area contributed by atoms with Crippen molar-refractivity contribution in [2.24, 2.45) is 11.7 Å². The van der Waals surface area contributed by atoms with Crippen LogP contribution in [0.2, 0.25) is 0 Å². The summed E-state index contributed by atoms with van der Waals surface area (Å²) in [6.07, 6.45) is 0.818. The molecular formula is C17H28N2O3S. The average Bonchev–Trinajstić information content (AvgIpc) is 2.44. The number of sulfone groups is 1. The lowest BCUT2D eigenvalue weighted by molar-refractivity contribution is -0.118. The van der Waals surface area contributed by atoms with Crippen LogP contribution in [0.25, 0.3) is 0 Å². The summed E-state index contributed by atoms with van der Waals surface area (Å²) in [6, 6.07) is 6.31. The molecule has 0 saturated heterocycles. The molecule has 3 N–H and O–H groups in total. The average molecular weight is 340 g/mol. The second-order valence-electron chi connectivity index (χ2n) is 6.97. The third-order valence-corrected chi connectivity index (χ3v) is 6.62. The zero-order valence-electron chi connectivity index (χ0n) is 14.6. The number of nitrogens with one attached hydrogen (secondary N) is 1. The van der Waals surface area contributed by atoms with E-state index in [2.05, 4.69) is 5.32 Å². The molecule has 0 radical (unpaired) electrons. The lowest BCUT2D eigenvalue weighted by atomic mass is 9.99. The molecule has 0 spiro atoms. The van der Waals surface area contributed by atoms with Crippen LogP contribution in [0.5, 0.6) is 0 Å². The van der Waals surface area contributed by atoms with Gasteiger partial charge in [0, 0.05) is 5.69 Å². The van der Waals surface area contributed by atoms with Crippen molar-refractivity contribution in [3.05, 3.63) is 29.8 Å². The standard InChI is InChI=1S/C17H28N2O3S/c1-6-12(2)15(18)16(20)19-14-9-7-8-13(10-14)11-23(21,22)17(3,4)5/h7-10,12,15H,6,11,18H2,1-5H3,(H,19,20). The molecule has 0 aliphatic rings. The number of carbonyl (C=O) groups is 1. The summed E-state index contributed by atoms with van der Waals surface area (Å²) in [5.41, 5.74) is 7.12. The first-order valence-corrected chi connectivity index (χ1v) is 9.51. The molecule has 0 heterocycles. The number of nitrogens with two attached hydrogens (primary N) is 1. The Morgan fingerprint density at radius 1 is 1.30 bits per heavy atom. The third kappa shape index (κ3) is 5.32. The second-order valence-corrected chi connectivity index (χ2v) is 9.72. The molecule has 2 unspecified atom stereocenters. The Labute approximate surface area is 139 Å². The first kappa shape index (κ1) is 19.6. The molecule has 6 heteroatoms. The Kier molecular flexibility index (Phi) is 6.36. The smallest absolute Gasteiger partial charge is 0.241 e. The monoisotopic (exact) mass is 340 g/mol. The van der Waals surface area contributed by atoms with E-state index in [4.69, 9.17) is 5.73 Å². The highest BCUT2D eigenvalue weighted by molar-refractivity contribution is 7.91. The maximum atomic E-state index is 12.3. The van der Waals surface area contributed by atoms with Crippen molar-refractivity contribution >= 4 is 21.4 Å². The number of anilines is 1. The first-order valence-electron chi connectivity index (χ1n) is 7.85. The molecule has 0 aromatic heterocycles. The molecule has 0 saturated carbocycles. The highest BCUT2D eigenvalue weighted by atomic mass is 32.2. The quantitative estimate of drug-likeness (QED) is 0.833. The van der Waals surface area contributed by atoms with Crippen molar-refractivity contribution in [3.8, 4) is 0 Å². The van der Waals surface area contributed by atoms with Gasteiger partial charge < -0.3 is 11.1 Å². The van der Waals surface area contributed by atoms with Crippen LogP contribution < -0.4 is 11.1 Å². The van der Waals surface area contributed by atoms with Gasteiger partial charge in [0.2, 0.25) is 5.91 Å². The number of amides is 1. The van der Waals surface area contributed by atoms with Crippen LogP contribution in [0.15, 0.2) is 24.3 Å². The van der Waals surface area contributed by atoms with E-state index in [-0.39, 0.29) is 17.6 Å². The summed E-state index contributed by atoms with van der Waals surface area (Å²) in [5, 5.41) is 2.76. The largest absolute Gasteiger partial charge is 0.325 e. The van der Waals surface area contributed by atoms with E-state index in [0.29, 0.717) is 11.3 Å². The van der Waals surface area contributed by atoms with E-state index in [1.165, 1.54) is 0 Å². The molecule has 2 atom stereocenters. The van der Waals surface area contributed by atoms with Crippen molar-refractivity contribution < 1.29 is 13.2 Å². The molecule has 1 amide bonds. The summed E-state index contributed by atoms with van der Waals surface area (Å²) >= 11 is 0. The molecule has 0 fully saturated rings. The molecule has 1 aromatic rings. The summed E-state index contributed by atoms with van der Waals surface area (Å²) < 4.78 is 23.8. The SMILES string of the molecule is CCC(C)C(N)C(=O)Nc1cccc(CS(=O)(=O)C(C)(C)C)c1. The molecular weight excluding hydrogens is 312 g/mol. The zero-order chi connectivity index (χ0) is 17.8. The molecule has 0 aliphatic heterocycles. The van der Waals surface area contributed by atoms with Crippen LogP contribution >= 0.6 is 0 Å². The summed E-state index contributed by atoms with van der Waals surface area (Å²) in [7, 11) is -3.27. The lowest BCUT2D eigenvalue weighted by Gasteiger charge is -2.20. The topological polar surface area (TPSA) is 89.3 Å². The minimum Gasteiger partial charge on any atom is -0.325 e. The summed E-state index contributed by atoms with van der Waals surface area (Å²) in [5.74, 6) is -0.230. The van der Waals surface area contributed by atoms with Crippen LogP contribution in [0.3, 0.4) is 0 Å². The number of benzene rings is 1. The van der Waals surface area contributed by atoms with Gasteiger partial charge in [-0.2, -0.15) is 0 Å². The van der Waals surface area contributed by atoms with Crippen molar-refractivity contribution in [2.45, 2.75) is 57.6 Å². The first-order chi connectivity index (χ1) is 10.5. The number of rotatable bonds is 6. The maximum Gasteiger partial charge on any atom is 0.241 e. The van der Waals surface area contributed by atoms with Gasteiger partial charge in [-0.15, -0.1) is 0 Å². The highest BCUT2D eigenvalue weighted by Gasteiger charge is 2.29. The van der Waals surface area contributed by atoms with E-state index >= 15 is 0 Å². The molecule has 0 bridgehead atoms. The second kappa shape index (κ2) is 7.45. The minimum absolute atomic E-state index is 0.0579. The van der Waals surface area contributed by atoms with Gasteiger partial charge in [-0.1, -0.05) is 32.4 Å². The van der Waals surface area contributed by atoms with Crippen molar-refractivity contribution in [1.29, 1.82) is 0 Å². The van der Waals surface area contributed by atoms with Crippen molar-refractivity contribution in [3.63, 3.8) is 0 Å². The fourth-order valence-corrected chi connectivity index (χ4v) is 2.96. The van der Waals surface area contributed by atoms with E-state index in [9.17, 15) is 13.2 Å². The van der Waals surface area contributed by atoms with Crippen LogP contribution in [0.1, 0.15) is 46.6 Å². The van der Waals surface area contributed by atoms with Crippen LogP contribution in [-0.2, 0) is 20.4 Å². The van der Waals surface area contributed by atoms with Gasteiger partial charge >= 0.3 is 0 Å². The van der Waals surface area contributed by atoms with Gasteiger partial charge in [0.05, 0.1) is 16.5 Å². The van der Waals surface area contributed by atoms with Crippen LogP contribution in [-0.4, -0.2) is 25.1 Å². The van der Waals surface area contributed by atoms with E-state index < -0.39 is 20.6 Å². The molecule has 0 aliphatic carbocycles. The molecule has 5 nitrogen and oxygen atoms in total. The number of carbonyl (C=O) groups excluding carboxylic acids is 1. The third-order valence-electron chi connectivity index (χ3n) is 4.04. The molecule has 23 heavy (non-hydrogen) atoms. The van der Waals surface area contributed by atoms with Gasteiger partial charge in [0.15, 0.2) is 9.84 Å². The Morgan fingerprint density at radius 3 is 2.43 bits per heavy atom. The van der Waals surface area contributed by atoms with E-state index in [1.54, 1.807) is 45.0 Å². The maximum absolute atomic E-state index is 12.3. The lowest BCUT2D eigenvalue weighted by Crippen LogP contribution is -2.40. The fourth-order valence-electron chi connectivity index (χ4n) is 1.91. The van der Waals surface area contributed by atoms with Gasteiger partial charge in [-0.25, -0.2) is 8.42 Å². The normalized spacial score (nSPS) is 15.0. The minimum atomic E-state index is -3.27. The fraction of sp³-hybridized carbons (Fsp3) is 0.588. The molecule has 1 aromatic carbocycles. The van der Waals surface area contributed by atoms with Gasteiger partial charge in [-0.05, 0) is 44.4 Å². The van der Waals surface area contributed by atoms with Gasteiger partial charge in [-0.3, -0.25) is 4.79 Å². The molecule has 130 valence electrons. The van der Waals surface area contributed by atoms with Gasteiger partial charge in [0.1, 0.15) is 0 Å². The zero-order valence-corrected chi connectivity index (χ0v) is 15.4. The summed E-state index contributed by atoms with van der Waals surface area (Å²) in [6.45, 7) is 8.95. The Morgan fingerprint density at radius 2 is 1.91 bits per heavy atom. The number of hydrogen-bond acceptors (Lipinski definition) is 4. The summed E-state index contributed by atoms with van der Waals surface area (Å²) in [4.78, 5) is 12.1.